The van der Waals surface area contributed by atoms with Crippen LogP contribution in [0.15, 0.2) is 36.5 Å². The van der Waals surface area contributed by atoms with Crippen molar-refractivity contribution in [3.05, 3.63) is 52.7 Å². The smallest absolute Gasteiger partial charge is 0.298 e. The van der Waals surface area contributed by atoms with E-state index in [4.69, 9.17) is 11.6 Å². The highest BCUT2D eigenvalue weighted by Crippen LogP contribution is 2.31. The van der Waals surface area contributed by atoms with Crippen molar-refractivity contribution in [2.75, 3.05) is 0 Å². The molecule has 1 aromatic carbocycles. The topological polar surface area (TPSA) is 30.0 Å². The Morgan fingerprint density at radius 3 is 2.32 bits per heavy atom. The van der Waals surface area contributed by atoms with E-state index in [0.29, 0.717) is 17.5 Å². The predicted molar refractivity (Wildman–Crippen MR) is 65.1 cm³/mol. The average Bonchev–Trinajstić information content (AvgIpc) is 2.38. The van der Waals surface area contributed by atoms with Crippen LogP contribution in [0.5, 0.6) is 0 Å². The number of hydrogen-bond acceptors (Lipinski definition) is 2. The van der Waals surface area contributed by atoms with Crippen LogP contribution in [0.25, 0.3) is 11.3 Å². The van der Waals surface area contributed by atoms with Gasteiger partial charge in [-0.2, -0.15) is 13.2 Å². The van der Waals surface area contributed by atoms with Crippen LogP contribution in [0.4, 0.5) is 13.2 Å². The second kappa shape index (κ2) is 5.01. The average molecular weight is 286 g/mol. The number of aromatic nitrogens is 1. The lowest BCUT2D eigenvalue weighted by Gasteiger charge is -2.07. The van der Waals surface area contributed by atoms with Crippen LogP contribution in [0.1, 0.15) is 15.9 Å². The number of rotatable bonds is 2. The highest BCUT2D eigenvalue weighted by molar-refractivity contribution is 6.32. The molecule has 0 unspecified atom stereocenters. The molecule has 98 valence electrons. The Hall–Kier alpha value is -1.88. The fraction of sp³-hybridized carbons (Fsp3) is 0.0769. The molecular formula is C13H7ClF3NO. The summed E-state index contributed by atoms with van der Waals surface area (Å²) in [5, 5.41) is 0.200. The number of benzene rings is 1. The van der Waals surface area contributed by atoms with E-state index in [1.54, 1.807) is 0 Å². The first-order valence-corrected chi connectivity index (χ1v) is 5.58. The zero-order valence-electron chi connectivity index (χ0n) is 9.41. The second-order valence-corrected chi connectivity index (χ2v) is 4.19. The van der Waals surface area contributed by atoms with Crippen LogP contribution < -0.4 is 0 Å². The molecule has 6 heteroatoms. The molecule has 0 bridgehead atoms. The van der Waals surface area contributed by atoms with Gasteiger partial charge in [-0.25, -0.2) is 0 Å². The highest BCUT2D eigenvalue weighted by atomic mass is 35.5. The zero-order chi connectivity index (χ0) is 14.0. The molecule has 0 amide bonds. The lowest BCUT2D eigenvalue weighted by atomic mass is 10.1. The Labute approximate surface area is 111 Å². The van der Waals surface area contributed by atoms with Crippen LogP contribution in [0, 0.1) is 0 Å². The maximum absolute atomic E-state index is 12.4. The third-order valence-corrected chi connectivity index (χ3v) is 2.84. The molecule has 1 aromatic heterocycles. The minimum absolute atomic E-state index is 0.200. The van der Waals surface area contributed by atoms with Crippen LogP contribution >= 0.6 is 11.6 Å². The summed E-state index contributed by atoms with van der Waals surface area (Å²) in [4.78, 5) is 14.7. The second-order valence-electron chi connectivity index (χ2n) is 3.78. The SMILES string of the molecule is O=Cc1cc(-c2ccc(C(F)(F)F)cc2)ncc1Cl. The van der Waals surface area contributed by atoms with Crippen molar-refractivity contribution in [2.45, 2.75) is 6.18 Å². The standard InChI is InChI=1S/C13H7ClF3NO/c14-11-6-18-12(5-9(11)7-19)8-1-3-10(4-2-8)13(15,16)17/h1-7H. The van der Waals surface area contributed by atoms with Gasteiger partial charge in [-0.1, -0.05) is 23.7 Å². The molecule has 0 saturated heterocycles. The number of carbonyl (C=O) groups is 1. The zero-order valence-corrected chi connectivity index (χ0v) is 10.2. The quantitative estimate of drug-likeness (QED) is 0.773. The van der Waals surface area contributed by atoms with Crippen LogP contribution in [0.2, 0.25) is 5.02 Å². The van der Waals surface area contributed by atoms with Gasteiger partial charge >= 0.3 is 6.18 Å². The molecule has 2 aromatic rings. The van der Waals surface area contributed by atoms with Crippen molar-refractivity contribution >= 4 is 17.9 Å². The fourth-order valence-corrected chi connectivity index (χ4v) is 1.68. The largest absolute Gasteiger partial charge is 0.416 e. The minimum Gasteiger partial charge on any atom is -0.298 e. The van der Waals surface area contributed by atoms with Gasteiger partial charge in [0.05, 0.1) is 16.3 Å². The molecule has 2 rings (SSSR count). The molecule has 19 heavy (non-hydrogen) atoms. The molecule has 0 N–H and O–H groups in total. The first kappa shape index (κ1) is 13.5. The number of aldehydes is 1. The number of pyridine rings is 1. The third kappa shape index (κ3) is 2.93. The van der Waals surface area contributed by atoms with Crippen LogP contribution in [-0.2, 0) is 6.18 Å². The summed E-state index contributed by atoms with van der Waals surface area (Å²) < 4.78 is 37.2. The van der Waals surface area contributed by atoms with Crippen LogP contribution in [0.3, 0.4) is 0 Å². The molecule has 0 atom stereocenters. The molecule has 0 spiro atoms. The summed E-state index contributed by atoms with van der Waals surface area (Å²) in [6.45, 7) is 0. The lowest BCUT2D eigenvalue weighted by molar-refractivity contribution is -0.137. The van der Waals surface area contributed by atoms with Crippen molar-refractivity contribution in [1.29, 1.82) is 0 Å². The number of halogens is 4. The van der Waals surface area contributed by atoms with Crippen molar-refractivity contribution in [3.63, 3.8) is 0 Å². The van der Waals surface area contributed by atoms with E-state index in [0.717, 1.165) is 12.1 Å². The molecule has 0 aliphatic rings. The molecule has 1 heterocycles. The summed E-state index contributed by atoms with van der Waals surface area (Å²) in [5.41, 5.74) is 0.375. The van der Waals surface area contributed by atoms with Crippen molar-refractivity contribution in [3.8, 4) is 11.3 Å². The van der Waals surface area contributed by atoms with Crippen molar-refractivity contribution in [2.24, 2.45) is 0 Å². The van der Waals surface area contributed by atoms with Gasteiger partial charge in [-0.15, -0.1) is 0 Å². The van der Waals surface area contributed by atoms with Gasteiger partial charge in [-0.05, 0) is 18.2 Å². The number of nitrogens with zero attached hydrogens (tertiary/aromatic N) is 1. The summed E-state index contributed by atoms with van der Waals surface area (Å²) in [5.74, 6) is 0. The van der Waals surface area contributed by atoms with Gasteiger partial charge in [0.1, 0.15) is 0 Å². The number of alkyl halides is 3. The molecule has 0 saturated carbocycles. The minimum atomic E-state index is -4.38. The highest BCUT2D eigenvalue weighted by Gasteiger charge is 2.29. The van der Waals surface area contributed by atoms with Gasteiger partial charge < -0.3 is 0 Å². The third-order valence-electron chi connectivity index (χ3n) is 2.52. The van der Waals surface area contributed by atoms with Gasteiger partial charge in [0.15, 0.2) is 6.29 Å². The van der Waals surface area contributed by atoms with E-state index in [2.05, 4.69) is 4.98 Å². The van der Waals surface area contributed by atoms with E-state index >= 15 is 0 Å². The van der Waals surface area contributed by atoms with Gasteiger partial charge in [0, 0.05) is 17.3 Å². The first-order valence-electron chi connectivity index (χ1n) is 5.20. The molecule has 0 fully saturated rings. The fourth-order valence-electron chi connectivity index (χ4n) is 1.53. The molecule has 2 nitrogen and oxygen atoms in total. The Bertz CT molecular complexity index is 608. The van der Waals surface area contributed by atoms with E-state index < -0.39 is 11.7 Å². The van der Waals surface area contributed by atoms with Crippen molar-refractivity contribution in [1.82, 2.24) is 4.98 Å². The molecule has 0 aliphatic heterocycles. The predicted octanol–water partition coefficient (Wildman–Crippen LogP) is 4.23. The first-order chi connectivity index (χ1) is 8.91. The van der Waals surface area contributed by atoms with E-state index in [1.165, 1.54) is 24.4 Å². The monoisotopic (exact) mass is 285 g/mol. The Morgan fingerprint density at radius 1 is 1.16 bits per heavy atom. The van der Waals surface area contributed by atoms with E-state index in [1.807, 2.05) is 0 Å². The van der Waals surface area contributed by atoms with Crippen LogP contribution in [-0.4, -0.2) is 11.3 Å². The number of carbonyl (C=O) groups excluding carboxylic acids is 1. The van der Waals surface area contributed by atoms with Gasteiger partial charge in [0.25, 0.3) is 0 Å². The molecule has 0 aliphatic carbocycles. The summed E-state index contributed by atoms with van der Waals surface area (Å²) in [6, 6.07) is 5.96. The Kier molecular flexibility index (Phi) is 3.57. The maximum atomic E-state index is 12.4. The van der Waals surface area contributed by atoms with Gasteiger partial charge in [0.2, 0.25) is 0 Å². The van der Waals surface area contributed by atoms with E-state index in [9.17, 15) is 18.0 Å². The number of hydrogen-bond donors (Lipinski definition) is 0. The summed E-state index contributed by atoms with van der Waals surface area (Å²) >= 11 is 5.73. The maximum Gasteiger partial charge on any atom is 0.416 e. The van der Waals surface area contributed by atoms with Crippen molar-refractivity contribution < 1.29 is 18.0 Å². The normalized spacial score (nSPS) is 11.4. The van der Waals surface area contributed by atoms with E-state index in [-0.39, 0.29) is 10.6 Å². The lowest BCUT2D eigenvalue weighted by Crippen LogP contribution is -2.04. The molecule has 0 radical (unpaired) electrons. The molecular weight excluding hydrogens is 279 g/mol. The summed E-state index contributed by atoms with van der Waals surface area (Å²) in [6.07, 6.45) is -2.52. The van der Waals surface area contributed by atoms with Gasteiger partial charge in [-0.3, -0.25) is 9.78 Å². The Balaban J connectivity index is 2.40. The Morgan fingerprint density at radius 2 is 1.79 bits per heavy atom. The summed E-state index contributed by atoms with van der Waals surface area (Å²) in [7, 11) is 0.